The molecule has 3 aromatic rings. The van der Waals surface area contributed by atoms with Crippen LogP contribution < -0.4 is 14.8 Å². The molecule has 0 aromatic heterocycles. The van der Waals surface area contributed by atoms with Crippen LogP contribution in [0.3, 0.4) is 0 Å². The molecule has 0 bridgehead atoms. The number of hydrogen-bond donors (Lipinski definition) is 1. The highest BCUT2D eigenvalue weighted by Gasteiger charge is 2.31. The first-order valence-corrected chi connectivity index (χ1v) is 14.0. The number of rotatable bonds is 15. The van der Waals surface area contributed by atoms with E-state index in [0.717, 1.165) is 24.2 Å². The van der Waals surface area contributed by atoms with Crippen molar-refractivity contribution in [2.75, 3.05) is 20.3 Å². The zero-order valence-electron chi connectivity index (χ0n) is 22.5. The molecule has 0 heterocycles. The molecule has 0 unspecified atom stereocenters. The minimum atomic E-state index is -0.730. The van der Waals surface area contributed by atoms with Crippen LogP contribution in [0, 0.1) is 0 Å². The highest BCUT2D eigenvalue weighted by Crippen LogP contribution is 2.28. The van der Waals surface area contributed by atoms with Gasteiger partial charge in [-0.1, -0.05) is 72.9 Å². The van der Waals surface area contributed by atoms with Crippen molar-refractivity contribution >= 4 is 35.0 Å². The second kappa shape index (κ2) is 16.0. The number of benzene rings is 3. The van der Waals surface area contributed by atoms with Crippen LogP contribution in [-0.2, 0) is 22.6 Å². The molecule has 8 heteroatoms. The number of nitrogens with one attached hydrogen (secondary N) is 1. The molecule has 1 atom stereocenters. The molecule has 0 spiro atoms. The fourth-order valence-electron chi connectivity index (χ4n) is 4.14. The van der Waals surface area contributed by atoms with E-state index in [1.165, 1.54) is 0 Å². The number of carbonyl (C=O) groups excluding carboxylic acids is 2. The molecular formula is C31H36Cl2N2O4. The number of carbonyl (C=O) groups is 2. The van der Waals surface area contributed by atoms with Crippen LogP contribution in [0.1, 0.15) is 43.7 Å². The Morgan fingerprint density at radius 2 is 1.56 bits per heavy atom. The molecule has 0 aliphatic rings. The van der Waals surface area contributed by atoms with Crippen LogP contribution in [0.15, 0.2) is 72.8 Å². The summed E-state index contributed by atoms with van der Waals surface area (Å²) >= 11 is 13.0. The Balaban J connectivity index is 1.80. The van der Waals surface area contributed by atoms with Gasteiger partial charge in [-0.25, -0.2) is 0 Å². The maximum atomic E-state index is 13.7. The number of hydrogen-bond acceptors (Lipinski definition) is 4. The third kappa shape index (κ3) is 9.48. The molecule has 0 radical (unpaired) electrons. The second-order valence-corrected chi connectivity index (χ2v) is 10.0. The third-order valence-electron chi connectivity index (χ3n) is 6.35. The molecule has 0 saturated heterocycles. The van der Waals surface area contributed by atoms with Gasteiger partial charge in [0.15, 0.2) is 0 Å². The SMILES string of the molecule is CCCCNC(=O)[C@H](Cc1ccccc1)N(Cc1c(Cl)cccc1Cl)C(=O)CCCOc1ccc(OC)cc1. The number of nitrogens with zero attached hydrogens (tertiary/aromatic N) is 1. The van der Waals surface area contributed by atoms with Gasteiger partial charge in [-0.2, -0.15) is 0 Å². The minimum absolute atomic E-state index is 0.120. The topological polar surface area (TPSA) is 67.9 Å². The van der Waals surface area contributed by atoms with E-state index in [1.54, 1.807) is 30.2 Å². The van der Waals surface area contributed by atoms with Crippen LogP contribution >= 0.6 is 23.2 Å². The largest absolute Gasteiger partial charge is 0.497 e. The molecule has 39 heavy (non-hydrogen) atoms. The first-order valence-electron chi connectivity index (χ1n) is 13.2. The van der Waals surface area contributed by atoms with Crippen molar-refractivity contribution in [1.82, 2.24) is 10.2 Å². The van der Waals surface area contributed by atoms with Crippen molar-refractivity contribution < 1.29 is 19.1 Å². The van der Waals surface area contributed by atoms with E-state index < -0.39 is 6.04 Å². The van der Waals surface area contributed by atoms with Crippen LogP contribution in [0.25, 0.3) is 0 Å². The molecule has 208 valence electrons. The number of amides is 2. The van der Waals surface area contributed by atoms with Gasteiger partial charge in [0, 0.05) is 41.5 Å². The standard InChI is InChI=1S/C31H36Cl2N2O4/c1-3-4-19-34-31(37)29(21-23-10-6-5-7-11-23)35(22-26-27(32)12-8-13-28(26)33)30(36)14-9-20-39-25-17-15-24(38-2)16-18-25/h5-8,10-13,15-18,29H,3-4,9,14,19-22H2,1-2H3,(H,34,37)/t29-/m0/s1. The molecular weight excluding hydrogens is 535 g/mol. The first kappa shape index (κ1) is 30.3. The lowest BCUT2D eigenvalue weighted by atomic mass is 10.0. The highest BCUT2D eigenvalue weighted by molar-refractivity contribution is 6.36. The average molecular weight is 572 g/mol. The van der Waals surface area contributed by atoms with Crippen LogP contribution in [-0.4, -0.2) is 43.0 Å². The summed E-state index contributed by atoms with van der Waals surface area (Å²) in [5.74, 6) is 1.07. The lowest BCUT2D eigenvalue weighted by Crippen LogP contribution is -2.50. The molecule has 1 N–H and O–H groups in total. The lowest BCUT2D eigenvalue weighted by molar-refractivity contribution is -0.141. The first-order chi connectivity index (χ1) is 18.9. The maximum Gasteiger partial charge on any atom is 0.243 e. The lowest BCUT2D eigenvalue weighted by Gasteiger charge is -2.32. The number of unbranched alkanes of at least 4 members (excludes halogenated alkanes) is 1. The van der Waals surface area contributed by atoms with Crippen molar-refractivity contribution in [3.8, 4) is 11.5 Å². The second-order valence-electron chi connectivity index (χ2n) is 9.20. The maximum absolute atomic E-state index is 13.7. The summed E-state index contributed by atoms with van der Waals surface area (Å²) in [6.07, 6.45) is 2.86. The van der Waals surface area contributed by atoms with E-state index in [1.807, 2.05) is 54.6 Å². The summed E-state index contributed by atoms with van der Waals surface area (Å²) in [4.78, 5) is 28.8. The van der Waals surface area contributed by atoms with E-state index in [4.69, 9.17) is 32.7 Å². The van der Waals surface area contributed by atoms with Crippen molar-refractivity contribution in [2.45, 2.75) is 51.6 Å². The Hall–Kier alpha value is -3.22. The van der Waals surface area contributed by atoms with Gasteiger partial charge in [0.05, 0.1) is 13.7 Å². The van der Waals surface area contributed by atoms with E-state index >= 15 is 0 Å². The van der Waals surface area contributed by atoms with Crippen LogP contribution in [0.4, 0.5) is 0 Å². The molecule has 6 nitrogen and oxygen atoms in total. The van der Waals surface area contributed by atoms with Crippen molar-refractivity contribution in [3.05, 3.63) is 94.0 Å². The quantitative estimate of drug-likeness (QED) is 0.206. The molecule has 2 amide bonds. The summed E-state index contributed by atoms with van der Waals surface area (Å²) in [6.45, 7) is 3.09. The fraction of sp³-hybridized carbons (Fsp3) is 0.355. The minimum Gasteiger partial charge on any atom is -0.497 e. The molecule has 0 aliphatic carbocycles. The Labute approximate surface area is 241 Å². The van der Waals surface area contributed by atoms with Gasteiger partial charge < -0.3 is 19.7 Å². The zero-order valence-corrected chi connectivity index (χ0v) is 24.0. The number of ether oxygens (including phenoxy) is 2. The Morgan fingerprint density at radius 1 is 0.897 bits per heavy atom. The van der Waals surface area contributed by atoms with Crippen molar-refractivity contribution in [2.24, 2.45) is 0 Å². The Bertz CT molecular complexity index is 1170. The molecule has 3 rings (SSSR count). The fourth-order valence-corrected chi connectivity index (χ4v) is 4.66. The Morgan fingerprint density at radius 3 is 2.21 bits per heavy atom. The van der Waals surface area contributed by atoms with Gasteiger partial charge in [-0.3, -0.25) is 9.59 Å². The van der Waals surface area contributed by atoms with E-state index in [-0.39, 0.29) is 24.8 Å². The number of methoxy groups -OCH3 is 1. The van der Waals surface area contributed by atoms with Gasteiger partial charge >= 0.3 is 0 Å². The van der Waals surface area contributed by atoms with E-state index in [9.17, 15) is 9.59 Å². The Kier molecular flexibility index (Phi) is 12.5. The summed E-state index contributed by atoms with van der Waals surface area (Å²) < 4.78 is 11.0. The van der Waals surface area contributed by atoms with E-state index in [2.05, 4.69) is 12.2 Å². The van der Waals surface area contributed by atoms with Crippen LogP contribution in [0.5, 0.6) is 11.5 Å². The van der Waals surface area contributed by atoms with Gasteiger partial charge in [-0.15, -0.1) is 0 Å². The van der Waals surface area contributed by atoms with Crippen molar-refractivity contribution in [3.63, 3.8) is 0 Å². The predicted octanol–water partition coefficient (Wildman–Crippen LogP) is 6.72. The monoisotopic (exact) mass is 570 g/mol. The normalized spacial score (nSPS) is 11.5. The van der Waals surface area contributed by atoms with Gasteiger partial charge in [0.1, 0.15) is 17.5 Å². The smallest absolute Gasteiger partial charge is 0.243 e. The number of halogens is 2. The molecule has 3 aromatic carbocycles. The predicted molar refractivity (Wildman–Crippen MR) is 157 cm³/mol. The van der Waals surface area contributed by atoms with Gasteiger partial charge in [0.25, 0.3) is 0 Å². The summed E-state index contributed by atoms with van der Waals surface area (Å²) in [6, 6.07) is 21.5. The summed E-state index contributed by atoms with van der Waals surface area (Å²) in [5, 5.41) is 3.92. The van der Waals surface area contributed by atoms with E-state index in [0.29, 0.717) is 47.4 Å². The van der Waals surface area contributed by atoms with Crippen molar-refractivity contribution in [1.29, 1.82) is 0 Å². The molecule has 0 saturated carbocycles. The molecule has 0 fully saturated rings. The van der Waals surface area contributed by atoms with Crippen LogP contribution in [0.2, 0.25) is 10.0 Å². The summed E-state index contributed by atoms with van der Waals surface area (Å²) in [7, 11) is 1.61. The molecule has 0 aliphatic heterocycles. The summed E-state index contributed by atoms with van der Waals surface area (Å²) in [5.41, 5.74) is 1.57. The zero-order chi connectivity index (χ0) is 28.0. The van der Waals surface area contributed by atoms with Gasteiger partial charge in [-0.05, 0) is 54.8 Å². The third-order valence-corrected chi connectivity index (χ3v) is 7.06. The average Bonchev–Trinajstić information content (AvgIpc) is 2.95. The van der Waals surface area contributed by atoms with Gasteiger partial charge in [0.2, 0.25) is 11.8 Å². The highest BCUT2D eigenvalue weighted by atomic mass is 35.5.